The van der Waals surface area contributed by atoms with Crippen LogP contribution in [-0.2, 0) is 9.47 Å². The first-order chi connectivity index (χ1) is 9.84. The number of hydrogen-bond acceptors (Lipinski definition) is 4. The highest BCUT2D eigenvalue weighted by Gasteiger charge is 2.13. The molecule has 0 spiro atoms. The maximum Gasteiger partial charge on any atom is 0.123 e. The van der Waals surface area contributed by atoms with E-state index in [1.807, 2.05) is 0 Å². The number of hydrogen-bond donors (Lipinski definition) is 1. The van der Waals surface area contributed by atoms with Gasteiger partial charge in [-0.05, 0) is 37.1 Å². The van der Waals surface area contributed by atoms with Crippen molar-refractivity contribution < 1.29 is 18.6 Å². The Labute approximate surface area is 119 Å². The summed E-state index contributed by atoms with van der Waals surface area (Å²) < 4.78 is 29.0. The second kappa shape index (κ2) is 8.89. The van der Waals surface area contributed by atoms with Crippen LogP contribution in [0.25, 0.3) is 0 Å². The molecule has 20 heavy (non-hydrogen) atoms. The van der Waals surface area contributed by atoms with Crippen molar-refractivity contribution in [3.8, 4) is 5.75 Å². The molecule has 1 aliphatic rings. The first kappa shape index (κ1) is 15.2. The highest BCUT2D eigenvalue weighted by atomic mass is 19.1. The predicted molar refractivity (Wildman–Crippen MR) is 74.6 cm³/mol. The lowest BCUT2D eigenvalue weighted by molar-refractivity contribution is 0.0906. The van der Waals surface area contributed by atoms with Gasteiger partial charge in [0, 0.05) is 19.7 Å². The van der Waals surface area contributed by atoms with E-state index >= 15 is 0 Å². The summed E-state index contributed by atoms with van der Waals surface area (Å²) in [6.07, 6.45) is 2.69. The van der Waals surface area contributed by atoms with Gasteiger partial charge >= 0.3 is 0 Å². The number of nitrogens with one attached hydrogen (secondary N) is 1. The van der Waals surface area contributed by atoms with Crippen LogP contribution in [0, 0.1) is 5.82 Å². The van der Waals surface area contributed by atoms with Crippen molar-refractivity contribution in [2.24, 2.45) is 0 Å². The van der Waals surface area contributed by atoms with E-state index in [1.165, 1.54) is 18.6 Å². The van der Waals surface area contributed by atoms with E-state index in [1.54, 1.807) is 12.1 Å². The van der Waals surface area contributed by atoms with E-state index in [-0.39, 0.29) is 5.82 Å². The van der Waals surface area contributed by atoms with E-state index in [0.29, 0.717) is 31.7 Å². The molecule has 1 aliphatic heterocycles. The molecule has 0 aromatic heterocycles. The summed E-state index contributed by atoms with van der Waals surface area (Å²) in [5.74, 6) is 0.400. The Hall–Kier alpha value is -1.17. The fourth-order valence-corrected chi connectivity index (χ4v) is 2.06. The summed E-state index contributed by atoms with van der Waals surface area (Å²) in [5.41, 5.74) is 0. The number of halogens is 1. The van der Waals surface area contributed by atoms with Gasteiger partial charge in [0.2, 0.25) is 0 Å². The molecule has 5 heteroatoms. The largest absolute Gasteiger partial charge is 0.491 e. The molecule has 2 rings (SSSR count). The Morgan fingerprint density at radius 1 is 1.20 bits per heavy atom. The maximum atomic E-state index is 12.7. The molecule has 0 saturated carbocycles. The normalized spacial score (nSPS) is 18.4. The zero-order chi connectivity index (χ0) is 14.0. The molecule has 1 atom stereocenters. The molecule has 0 bridgehead atoms. The fraction of sp³-hybridized carbons (Fsp3) is 0.600. The summed E-state index contributed by atoms with van der Waals surface area (Å²) in [6.45, 7) is 4.26. The van der Waals surface area contributed by atoms with Gasteiger partial charge in [-0.25, -0.2) is 4.39 Å². The lowest BCUT2D eigenvalue weighted by atomic mass is 10.2. The van der Waals surface area contributed by atoms with Crippen LogP contribution in [0.15, 0.2) is 24.3 Å². The molecule has 4 nitrogen and oxygen atoms in total. The summed E-state index contributed by atoms with van der Waals surface area (Å²) in [7, 11) is 0. The molecule has 0 aliphatic carbocycles. The van der Waals surface area contributed by atoms with Crippen molar-refractivity contribution in [2.75, 3.05) is 39.5 Å². The molecule has 1 heterocycles. The molecule has 1 aromatic rings. The Bertz CT molecular complexity index is 366. The zero-order valence-electron chi connectivity index (χ0n) is 11.6. The Morgan fingerprint density at radius 3 is 2.80 bits per heavy atom. The minimum absolute atomic E-state index is 0.258. The number of rotatable bonds is 9. The Balaban J connectivity index is 1.40. The summed E-state index contributed by atoms with van der Waals surface area (Å²) in [5, 5.41) is 3.31. The third-order valence-electron chi connectivity index (χ3n) is 3.13. The van der Waals surface area contributed by atoms with Gasteiger partial charge in [0.1, 0.15) is 18.2 Å². The standard InChI is InChI=1S/C15H22FNO3/c16-13-3-5-14(6-4-13)20-11-10-18-9-7-17-12-15-2-1-8-19-15/h3-6,15,17H,1-2,7-12H2/t15-/m0/s1. The molecule has 1 fully saturated rings. The minimum atomic E-state index is -0.258. The average Bonchev–Trinajstić information content (AvgIpc) is 2.97. The Kier molecular flexibility index (Phi) is 6.77. The first-order valence-electron chi connectivity index (χ1n) is 7.13. The molecule has 0 radical (unpaired) electrons. The van der Waals surface area contributed by atoms with Crippen LogP contribution >= 0.6 is 0 Å². The summed E-state index contributed by atoms with van der Waals surface area (Å²) in [4.78, 5) is 0. The first-order valence-corrected chi connectivity index (χ1v) is 7.13. The number of benzene rings is 1. The zero-order valence-corrected chi connectivity index (χ0v) is 11.6. The average molecular weight is 283 g/mol. The topological polar surface area (TPSA) is 39.7 Å². The monoisotopic (exact) mass is 283 g/mol. The van der Waals surface area contributed by atoms with Crippen molar-refractivity contribution >= 4 is 0 Å². The van der Waals surface area contributed by atoms with Crippen molar-refractivity contribution in [3.05, 3.63) is 30.1 Å². The van der Waals surface area contributed by atoms with E-state index in [0.717, 1.165) is 26.1 Å². The van der Waals surface area contributed by atoms with Crippen LogP contribution < -0.4 is 10.1 Å². The molecule has 1 saturated heterocycles. The molecule has 112 valence electrons. The molecule has 1 aromatic carbocycles. The molecule has 1 N–H and O–H groups in total. The summed E-state index contributed by atoms with van der Waals surface area (Å²) >= 11 is 0. The molecular formula is C15H22FNO3. The number of ether oxygens (including phenoxy) is 3. The SMILES string of the molecule is Fc1ccc(OCCOCCNC[C@@H]2CCCO2)cc1. The van der Waals surface area contributed by atoms with Gasteiger partial charge in [0.15, 0.2) is 0 Å². The molecule has 0 unspecified atom stereocenters. The second-order valence-corrected chi connectivity index (χ2v) is 4.75. The third-order valence-corrected chi connectivity index (χ3v) is 3.13. The lowest BCUT2D eigenvalue weighted by Crippen LogP contribution is -2.29. The highest BCUT2D eigenvalue weighted by Crippen LogP contribution is 2.11. The van der Waals surface area contributed by atoms with Gasteiger partial charge in [0.25, 0.3) is 0 Å². The van der Waals surface area contributed by atoms with Gasteiger partial charge in [-0.2, -0.15) is 0 Å². The van der Waals surface area contributed by atoms with E-state index in [2.05, 4.69) is 5.32 Å². The van der Waals surface area contributed by atoms with Crippen LogP contribution in [0.4, 0.5) is 4.39 Å². The fourth-order valence-electron chi connectivity index (χ4n) is 2.06. The molecule has 0 amide bonds. The summed E-state index contributed by atoms with van der Waals surface area (Å²) in [6, 6.07) is 5.98. The van der Waals surface area contributed by atoms with Gasteiger partial charge in [0.05, 0.1) is 19.3 Å². The van der Waals surface area contributed by atoms with E-state index in [4.69, 9.17) is 14.2 Å². The van der Waals surface area contributed by atoms with Crippen molar-refractivity contribution in [1.82, 2.24) is 5.32 Å². The van der Waals surface area contributed by atoms with E-state index in [9.17, 15) is 4.39 Å². The quantitative estimate of drug-likeness (QED) is 0.704. The van der Waals surface area contributed by atoms with Gasteiger partial charge in [-0.15, -0.1) is 0 Å². The van der Waals surface area contributed by atoms with Crippen LogP contribution in [-0.4, -0.2) is 45.6 Å². The lowest BCUT2D eigenvalue weighted by Gasteiger charge is -2.11. The maximum absolute atomic E-state index is 12.7. The molecular weight excluding hydrogens is 261 g/mol. The van der Waals surface area contributed by atoms with Gasteiger partial charge in [-0.1, -0.05) is 0 Å². The van der Waals surface area contributed by atoms with Gasteiger partial charge in [-0.3, -0.25) is 0 Å². The van der Waals surface area contributed by atoms with E-state index < -0.39 is 0 Å². The third kappa shape index (κ3) is 5.86. The van der Waals surface area contributed by atoms with Crippen LogP contribution in [0.3, 0.4) is 0 Å². The minimum Gasteiger partial charge on any atom is -0.491 e. The van der Waals surface area contributed by atoms with Crippen molar-refractivity contribution in [2.45, 2.75) is 18.9 Å². The van der Waals surface area contributed by atoms with Gasteiger partial charge < -0.3 is 19.5 Å². The van der Waals surface area contributed by atoms with Crippen molar-refractivity contribution in [1.29, 1.82) is 0 Å². The van der Waals surface area contributed by atoms with Crippen LogP contribution in [0.1, 0.15) is 12.8 Å². The highest BCUT2D eigenvalue weighted by molar-refractivity contribution is 5.21. The van der Waals surface area contributed by atoms with Crippen LogP contribution in [0.5, 0.6) is 5.75 Å². The Morgan fingerprint density at radius 2 is 2.05 bits per heavy atom. The second-order valence-electron chi connectivity index (χ2n) is 4.75. The van der Waals surface area contributed by atoms with Crippen molar-refractivity contribution in [3.63, 3.8) is 0 Å². The smallest absolute Gasteiger partial charge is 0.123 e. The predicted octanol–water partition coefficient (Wildman–Crippen LogP) is 1.99. The van der Waals surface area contributed by atoms with Crippen LogP contribution in [0.2, 0.25) is 0 Å².